The molecule has 1 heterocycles. The molecule has 0 fully saturated rings. The van der Waals surface area contributed by atoms with E-state index in [1.54, 1.807) is 36.4 Å². The van der Waals surface area contributed by atoms with Gasteiger partial charge < -0.3 is 4.42 Å². The van der Waals surface area contributed by atoms with Gasteiger partial charge in [0.05, 0.1) is 9.92 Å². The zero-order valence-electron chi connectivity index (χ0n) is 15.5. The summed E-state index contributed by atoms with van der Waals surface area (Å²) in [5.74, 6) is 0.732. The third-order valence-corrected chi connectivity index (χ3v) is 6.03. The first-order chi connectivity index (χ1) is 14.3. The smallest absolute Gasteiger partial charge is 0.238 e. The van der Waals surface area contributed by atoms with Crippen LogP contribution in [-0.2, 0) is 16.4 Å². The highest BCUT2D eigenvalue weighted by Crippen LogP contribution is 2.40. The average Bonchev–Trinajstić information content (AvgIpc) is 3.13. The lowest BCUT2D eigenvalue weighted by atomic mass is 10.1. The van der Waals surface area contributed by atoms with Crippen LogP contribution < -0.4 is 5.14 Å². The minimum absolute atomic E-state index is 0.0519. The predicted molar refractivity (Wildman–Crippen MR) is 118 cm³/mol. The summed E-state index contributed by atoms with van der Waals surface area (Å²) in [7, 11) is -3.99. The average molecular weight is 459 g/mol. The van der Waals surface area contributed by atoms with Crippen molar-refractivity contribution in [2.45, 2.75) is 11.3 Å². The molecule has 152 valence electrons. The van der Waals surface area contributed by atoms with E-state index >= 15 is 0 Å². The Labute approximate surface area is 184 Å². The van der Waals surface area contributed by atoms with Gasteiger partial charge in [-0.15, -0.1) is 0 Å². The van der Waals surface area contributed by atoms with Gasteiger partial charge in [0.15, 0.2) is 11.7 Å². The number of sulfonamides is 1. The Kier molecular flexibility index (Phi) is 5.66. The van der Waals surface area contributed by atoms with E-state index < -0.39 is 10.0 Å². The van der Waals surface area contributed by atoms with Crippen molar-refractivity contribution in [2.24, 2.45) is 5.14 Å². The van der Waals surface area contributed by atoms with Crippen molar-refractivity contribution in [1.29, 1.82) is 0 Å². The number of oxazole rings is 1. The van der Waals surface area contributed by atoms with Crippen molar-refractivity contribution in [3.63, 3.8) is 0 Å². The molecule has 0 unspecified atom stereocenters. The second-order valence-corrected chi connectivity index (χ2v) is 8.99. The molecule has 0 amide bonds. The normalized spacial score (nSPS) is 11.6. The molecule has 0 aliphatic carbocycles. The van der Waals surface area contributed by atoms with Crippen LogP contribution in [0.4, 0.5) is 0 Å². The molecule has 0 aliphatic heterocycles. The van der Waals surface area contributed by atoms with Crippen LogP contribution in [0.1, 0.15) is 11.5 Å². The van der Waals surface area contributed by atoms with Gasteiger partial charge in [-0.3, -0.25) is 0 Å². The van der Waals surface area contributed by atoms with Crippen molar-refractivity contribution in [2.75, 3.05) is 0 Å². The maximum absolute atomic E-state index is 12.2. The summed E-state index contributed by atoms with van der Waals surface area (Å²) in [4.78, 5) is 4.56. The largest absolute Gasteiger partial charge is 0.440 e. The number of aromatic nitrogens is 1. The zero-order valence-corrected chi connectivity index (χ0v) is 17.9. The van der Waals surface area contributed by atoms with E-state index in [-0.39, 0.29) is 4.90 Å². The Morgan fingerprint density at radius 2 is 1.60 bits per heavy atom. The summed E-state index contributed by atoms with van der Waals surface area (Å²) in [5, 5.41) is 6.29. The Balaban J connectivity index is 1.95. The monoisotopic (exact) mass is 458 g/mol. The van der Waals surface area contributed by atoms with E-state index in [9.17, 15) is 8.42 Å². The summed E-state index contributed by atoms with van der Waals surface area (Å²) >= 11 is 12.6. The van der Waals surface area contributed by atoms with Gasteiger partial charge in [0.1, 0.15) is 5.69 Å². The van der Waals surface area contributed by atoms with Crippen LogP contribution >= 0.6 is 23.2 Å². The maximum atomic E-state index is 12.2. The number of rotatable bonds is 5. The molecule has 30 heavy (non-hydrogen) atoms. The lowest BCUT2D eigenvalue weighted by molar-refractivity contribution is 0.519. The summed E-state index contributed by atoms with van der Waals surface area (Å²) in [6, 6.07) is 21.0. The Morgan fingerprint density at radius 3 is 2.33 bits per heavy atom. The predicted octanol–water partition coefficient (Wildman–Crippen LogP) is 5.55. The molecule has 4 rings (SSSR count). The van der Waals surface area contributed by atoms with Crippen LogP contribution in [0.5, 0.6) is 0 Å². The van der Waals surface area contributed by atoms with Crippen LogP contribution in [0.25, 0.3) is 22.6 Å². The lowest BCUT2D eigenvalue weighted by Crippen LogP contribution is -2.13. The first-order valence-electron chi connectivity index (χ1n) is 8.94. The molecule has 0 radical (unpaired) electrons. The molecular formula is C22H16Cl2N2O3S. The second kappa shape index (κ2) is 8.24. The number of primary sulfonamides is 1. The topological polar surface area (TPSA) is 86.2 Å². The molecule has 0 saturated heterocycles. The molecule has 1 aromatic heterocycles. The van der Waals surface area contributed by atoms with Crippen LogP contribution in [0.15, 0.2) is 82.1 Å². The van der Waals surface area contributed by atoms with E-state index in [1.807, 2.05) is 30.3 Å². The van der Waals surface area contributed by atoms with Crippen molar-refractivity contribution in [3.05, 3.63) is 94.3 Å². The number of nitrogens with zero attached hydrogens (tertiary/aromatic N) is 1. The van der Waals surface area contributed by atoms with Gasteiger partial charge in [-0.05, 0) is 29.8 Å². The van der Waals surface area contributed by atoms with Gasteiger partial charge in [0, 0.05) is 22.6 Å². The molecular weight excluding hydrogens is 443 g/mol. The van der Waals surface area contributed by atoms with Crippen molar-refractivity contribution in [1.82, 2.24) is 4.98 Å². The highest BCUT2D eigenvalue weighted by Gasteiger charge is 2.24. The molecule has 0 bridgehead atoms. The third-order valence-electron chi connectivity index (χ3n) is 4.49. The molecule has 3 aromatic carbocycles. The Hall–Kier alpha value is -2.64. The first kappa shape index (κ1) is 20.6. The van der Waals surface area contributed by atoms with Gasteiger partial charge >= 0.3 is 0 Å². The van der Waals surface area contributed by atoms with E-state index in [1.165, 1.54) is 6.07 Å². The molecule has 4 aromatic rings. The van der Waals surface area contributed by atoms with E-state index in [2.05, 4.69) is 4.98 Å². The van der Waals surface area contributed by atoms with Crippen LogP contribution in [-0.4, -0.2) is 13.4 Å². The van der Waals surface area contributed by atoms with Crippen LogP contribution in [0.3, 0.4) is 0 Å². The molecule has 5 nitrogen and oxygen atoms in total. The Bertz CT molecular complexity index is 1320. The van der Waals surface area contributed by atoms with Gasteiger partial charge in [-0.1, -0.05) is 71.7 Å². The van der Waals surface area contributed by atoms with E-state index in [4.69, 9.17) is 32.8 Å². The molecule has 0 atom stereocenters. The lowest BCUT2D eigenvalue weighted by Gasteiger charge is -2.08. The third kappa shape index (κ3) is 4.27. The fourth-order valence-electron chi connectivity index (χ4n) is 3.16. The molecule has 0 saturated carbocycles. The number of hydrogen-bond donors (Lipinski definition) is 1. The standard InChI is InChI=1S/C22H16Cl2N2O3S/c23-15-10-11-18(24)17(13-15)22-21(16-8-4-5-9-19(16)30(25,27)28)26-20(29-22)12-14-6-2-1-3-7-14/h1-11,13H,12H2,(H2,25,27,28). The summed E-state index contributed by atoms with van der Waals surface area (Å²) in [6.07, 6.45) is 0.420. The van der Waals surface area contributed by atoms with Gasteiger partial charge in [0.25, 0.3) is 0 Å². The number of nitrogens with two attached hydrogens (primary N) is 1. The minimum Gasteiger partial charge on any atom is -0.440 e. The number of hydrogen-bond acceptors (Lipinski definition) is 4. The summed E-state index contributed by atoms with van der Waals surface area (Å²) in [6.45, 7) is 0. The van der Waals surface area contributed by atoms with Crippen LogP contribution in [0, 0.1) is 0 Å². The quantitative estimate of drug-likeness (QED) is 0.424. The van der Waals surface area contributed by atoms with Crippen LogP contribution in [0.2, 0.25) is 10.0 Å². The zero-order chi connectivity index (χ0) is 21.3. The number of benzene rings is 3. The summed E-state index contributed by atoms with van der Waals surface area (Å²) < 4.78 is 30.4. The Morgan fingerprint density at radius 1 is 0.900 bits per heavy atom. The van der Waals surface area contributed by atoms with Crippen molar-refractivity contribution in [3.8, 4) is 22.6 Å². The van der Waals surface area contributed by atoms with E-state index in [0.29, 0.717) is 44.9 Å². The molecule has 2 N–H and O–H groups in total. The SMILES string of the molecule is NS(=O)(=O)c1ccccc1-c1nc(Cc2ccccc2)oc1-c1cc(Cl)ccc1Cl. The fourth-order valence-corrected chi connectivity index (χ4v) is 4.27. The van der Waals surface area contributed by atoms with Crippen molar-refractivity contribution >= 4 is 33.2 Å². The highest BCUT2D eigenvalue weighted by atomic mass is 35.5. The number of halogens is 2. The van der Waals surface area contributed by atoms with Gasteiger partial charge in [-0.2, -0.15) is 0 Å². The molecule has 0 spiro atoms. The molecule has 0 aliphatic rings. The van der Waals surface area contributed by atoms with Gasteiger partial charge in [0.2, 0.25) is 10.0 Å². The molecule has 8 heteroatoms. The summed E-state index contributed by atoms with van der Waals surface area (Å²) in [5.41, 5.74) is 2.16. The maximum Gasteiger partial charge on any atom is 0.238 e. The first-order valence-corrected chi connectivity index (χ1v) is 11.2. The second-order valence-electron chi connectivity index (χ2n) is 6.61. The van der Waals surface area contributed by atoms with Crippen molar-refractivity contribution < 1.29 is 12.8 Å². The highest BCUT2D eigenvalue weighted by molar-refractivity contribution is 7.89. The van der Waals surface area contributed by atoms with Gasteiger partial charge in [-0.25, -0.2) is 18.5 Å². The van der Waals surface area contributed by atoms with E-state index in [0.717, 1.165) is 5.56 Å². The minimum atomic E-state index is -3.99. The fraction of sp³-hybridized carbons (Fsp3) is 0.0455.